The fraction of sp³-hybridized carbons (Fsp3) is 0.286. The van der Waals surface area contributed by atoms with Gasteiger partial charge in [-0.25, -0.2) is 9.37 Å². The van der Waals surface area contributed by atoms with Gasteiger partial charge in [-0.2, -0.15) is 0 Å². The summed E-state index contributed by atoms with van der Waals surface area (Å²) in [5, 5.41) is 1.13. The van der Waals surface area contributed by atoms with Crippen molar-refractivity contribution in [1.82, 2.24) is 9.80 Å². The maximum atomic E-state index is 12.5. The van der Waals surface area contributed by atoms with Crippen LogP contribution < -0.4 is 0 Å². The minimum absolute atomic E-state index is 0.138. The molecule has 1 fully saturated rings. The van der Waals surface area contributed by atoms with E-state index in [0.29, 0.717) is 15.9 Å². The Bertz CT molecular complexity index is 790. The average Bonchev–Trinajstić information content (AvgIpc) is 2.83. The molecule has 0 bridgehead atoms. The van der Waals surface area contributed by atoms with Gasteiger partial charge in [-0.3, -0.25) is 14.6 Å². The number of carbonyl (C=O) groups excluding carboxylic acids is 2. The number of likely N-dealkylation sites (N-methyl/N-ethyl adjacent to an activating group) is 2. The molecule has 0 aliphatic carbocycles. The zero-order valence-electron chi connectivity index (χ0n) is 12.3. The smallest absolute Gasteiger partial charge is 0.269 e. The van der Waals surface area contributed by atoms with Crippen molar-refractivity contribution in [2.75, 3.05) is 14.1 Å². The Morgan fingerprint density at radius 3 is 2.52 bits per heavy atom. The third kappa shape index (κ3) is 2.60. The van der Waals surface area contributed by atoms with E-state index >= 15 is 0 Å². The molecule has 23 heavy (non-hydrogen) atoms. The third-order valence-electron chi connectivity index (χ3n) is 3.84. The van der Waals surface area contributed by atoms with E-state index in [9.17, 15) is 9.59 Å². The normalized spacial score (nSPS) is 21.1. The molecule has 0 N–H and O–H groups in total. The van der Waals surface area contributed by atoms with Crippen LogP contribution in [0.25, 0.3) is 0 Å². The van der Waals surface area contributed by atoms with E-state index in [1.54, 1.807) is 29.8 Å². The van der Waals surface area contributed by atoms with Crippen LogP contribution in [0.3, 0.4) is 0 Å². The number of urea groups is 1. The van der Waals surface area contributed by atoms with Crippen molar-refractivity contribution >= 4 is 57.9 Å². The summed E-state index contributed by atoms with van der Waals surface area (Å²) in [4.78, 5) is 31.0. The lowest BCUT2D eigenvalue weighted by Gasteiger charge is -2.30. The SMILES string of the molecule is CN1C(=O)C2C(=NC(Cl)=[N+]2Cc2ccc(Cl)cc2Cl)N(C)C1=O. The number of carbonyl (C=O) groups is 2. The van der Waals surface area contributed by atoms with E-state index in [1.165, 1.54) is 11.9 Å². The molecule has 1 saturated heterocycles. The van der Waals surface area contributed by atoms with Gasteiger partial charge in [-0.1, -0.05) is 29.3 Å². The number of nitrogens with zero attached hydrogens (tertiary/aromatic N) is 4. The van der Waals surface area contributed by atoms with Gasteiger partial charge < -0.3 is 0 Å². The predicted molar refractivity (Wildman–Crippen MR) is 88.4 cm³/mol. The van der Waals surface area contributed by atoms with Crippen LogP contribution in [-0.2, 0) is 11.3 Å². The van der Waals surface area contributed by atoms with Crippen LogP contribution in [-0.4, -0.2) is 57.6 Å². The minimum Gasteiger partial charge on any atom is -0.269 e. The molecular weight excluding hydrogens is 363 g/mol. The number of amidine groups is 2. The van der Waals surface area contributed by atoms with E-state index in [4.69, 9.17) is 34.8 Å². The van der Waals surface area contributed by atoms with Gasteiger partial charge in [0.25, 0.3) is 17.8 Å². The van der Waals surface area contributed by atoms with Crippen molar-refractivity contribution in [3.8, 4) is 0 Å². The monoisotopic (exact) mass is 373 g/mol. The zero-order valence-corrected chi connectivity index (χ0v) is 14.5. The number of hydrogen-bond acceptors (Lipinski definition) is 3. The summed E-state index contributed by atoms with van der Waals surface area (Å²) < 4.78 is 1.60. The summed E-state index contributed by atoms with van der Waals surface area (Å²) in [7, 11) is 2.98. The van der Waals surface area contributed by atoms with Crippen molar-refractivity contribution in [1.29, 1.82) is 0 Å². The molecule has 6 nitrogen and oxygen atoms in total. The molecule has 120 valence electrons. The minimum atomic E-state index is -0.748. The summed E-state index contributed by atoms with van der Waals surface area (Å²) in [5.74, 6) is -0.0687. The van der Waals surface area contributed by atoms with Crippen LogP contribution in [0.1, 0.15) is 5.56 Å². The van der Waals surface area contributed by atoms with Gasteiger partial charge in [0.1, 0.15) is 6.54 Å². The fourth-order valence-electron chi connectivity index (χ4n) is 2.56. The summed E-state index contributed by atoms with van der Waals surface area (Å²) in [5.41, 5.74) is 0.751. The maximum absolute atomic E-state index is 12.5. The third-order valence-corrected chi connectivity index (χ3v) is 4.73. The molecule has 0 spiro atoms. The van der Waals surface area contributed by atoms with Gasteiger partial charge in [0.05, 0.1) is 0 Å². The first-order valence-electron chi connectivity index (χ1n) is 6.68. The second-order valence-corrected chi connectivity index (χ2v) is 6.43. The molecule has 0 radical (unpaired) electrons. The average molecular weight is 375 g/mol. The van der Waals surface area contributed by atoms with Gasteiger partial charge in [-0.05, 0) is 17.1 Å². The van der Waals surface area contributed by atoms with E-state index in [1.807, 2.05) is 0 Å². The van der Waals surface area contributed by atoms with E-state index in [2.05, 4.69) is 4.99 Å². The molecule has 2 heterocycles. The lowest BCUT2D eigenvalue weighted by molar-refractivity contribution is -0.549. The molecule has 2 aliphatic heterocycles. The van der Waals surface area contributed by atoms with Gasteiger partial charge in [0.15, 0.2) is 0 Å². The standard InChI is InChI=1S/C14H12Cl3N4O2/c1-19-11-10(12(22)20(2)14(19)23)21(13(17)18-11)6-7-3-4-8(15)5-9(7)16/h3-5,10H,6H2,1-2H3/q+1. The Kier molecular flexibility index (Phi) is 4.08. The maximum Gasteiger partial charge on any atom is 0.394 e. The van der Waals surface area contributed by atoms with Crippen molar-refractivity contribution < 1.29 is 14.2 Å². The summed E-state index contributed by atoms with van der Waals surface area (Å²) in [6.07, 6.45) is 0. The van der Waals surface area contributed by atoms with Crippen LogP contribution in [0.5, 0.6) is 0 Å². The highest BCUT2D eigenvalue weighted by atomic mass is 35.5. The quantitative estimate of drug-likeness (QED) is 0.589. The number of halogens is 3. The molecule has 1 atom stereocenters. The summed E-state index contributed by atoms with van der Waals surface area (Å²) >= 11 is 18.3. The number of imide groups is 1. The fourth-order valence-corrected chi connectivity index (χ4v) is 3.27. The highest BCUT2D eigenvalue weighted by Crippen LogP contribution is 2.25. The Hall–Kier alpha value is -1.63. The Morgan fingerprint density at radius 2 is 1.87 bits per heavy atom. The van der Waals surface area contributed by atoms with Gasteiger partial charge in [0, 0.05) is 41.3 Å². The molecular formula is C14H12Cl3N4O2+. The molecule has 1 unspecified atom stereocenters. The van der Waals surface area contributed by atoms with Crippen molar-refractivity contribution in [3.63, 3.8) is 0 Å². The largest absolute Gasteiger partial charge is 0.394 e. The predicted octanol–water partition coefficient (Wildman–Crippen LogP) is 2.41. The first-order chi connectivity index (χ1) is 10.8. The lowest BCUT2D eigenvalue weighted by atomic mass is 10.1. The Balaban J connectivity index is 1.97. The van der Waals surface area contributed by atoms with Crippen LogP contribution in [0, 0.1) is 0 Å². The van der Waals surface area contributed by atoms with Gasteiger partial charge in [0.2, 0.25) is 0 Å². The molecule has 1 aromatic carbocycles. The molecule has 2 aliphatic rings. The Labute approximate surface area is 147 Å². The van der Waals surface area contributed by atoms with Gasteiger partial charge in [-0.15, -0.1) is 0 Å². The van der Waals surface area contributed by atoms with Crippen LogP contribution in [0.2, 0.25) is 10.0 Å². The second-order valence-electron chi connectivity index (χ2n) is 5.24. The first kappa shape index (κ1) is 16.2. The molecule has 3 amide bonds. The van der Waals surface area contributed by atoms with Crippen LogP contribution >= 0.6 is 34.8 Å². The summed E-state index contributed by atoms with van der Waals surface area (Å²) in [6.45, 7) is 0.272. The topological polar surface area (TPSA) is 56.0 Å². The molecule has 3 rings (SSSR count). The van der Waals surface area contributed by atoms with Gasteiger partial charge >= 0.3 is 11.3 Å². The second kappa shape index (κ2) is 5.78. The van der Waals surface area contributed by atoms with Crippen LogP contribution in [0.4, 0.5) is 4.79 Å². The Morgan fingerprint density at radius 1 is 1.17 bits per heavy atom. The molecule has 1 aromatic rings. The summed E-state index contributed by atoms with van der Waals surface area (Å²) in [6, 6.07) is 3.90. The number of amides is 3. The number of benzene rings is 1. The molecule has 0 saturated carbocycles. The van der Waals surface area contributed by atoms with E-state index < -0.39 is 12.1 Å². The van der Waals surface area contributed by atoms with E-state index in [-0.39, 0.29) is 17.7 Å². The molecule has 0 aromatic heterocycles. The van der Waals surface area contributed by atoms with Crippen molar-refractivity contribution in [2.24, 2.45) is 4.99 Å². The number of rotatable bonds is 2. The highest BCUT2D eigenvalue weighted by Gasteiger charge is 2.52. The van der Waals surface area contributed by atoms with Crippen LogP contribution in [0.15, 0.2) is 23.2 Å². The highest BCUT2D eigenvalue weighted by molar-refractivity contribution is 6.65. The van der Waals surface area contributed by atoms with Crippen molar-refractivity contribution in [3.05, 3.63) is 33.8 Å². The number of aliphatic imine (C=N–C) groups is 1. The number of fused-ring (bicyclic) bond motifs is 1. The number of hydrogen-bond donors (Lipinski definition) is 0. The van der Waals surface area contributed by atoms with E-state index in [0.717, 1.165) is 10.5 Å². The molecule has 9 heteroatoms. The first-order valence-corrected chi connectivity index (χ1v) is 7.81. The lowest BCUT2D eigenvalue weighted by Crippen LogP contribution is -2.61. The van der Waals surface area contributed by atoms with Crippen molar-refractivity contribution in [2.45, 2.75) is 12.6 Å². The zero-order chi connectivity index (χ0) is 16.9.